The predicted molar refractivity (Wildman–Crippen MR) is 104 cm³/mol. The Balaban J connectivity index is 2.85. The first-order valence-corrected chi connectivity index (χ1v) is 8.67. The zero-order chi connectivity index (χ0) is 19.0. The predicted octanol–water partition coefficient (Wildman–Crippen LogP) is 5.55. The van der Waals surface area contributed by atoms with Crippen LogP contribution in [0.15, 0.2) is 30.3 Å². The van der Waals surface area contributed by atoms with Gasteiger partial charge >= 0.3 is 0 Å². The SMILES string of the molecule is COc1c(-c2nc(C(C)=O)ccc2C(C)(C)C)cccc1C(C)(C)C. The Bertz CT molecular complexity index is 793. The molecule has 0 saturated carbocycles. The van der Waals surface area contributed by atoms with Gasteiger partial charge in [0, 0.05) is 18.1 Å². The van der Waals surface area contributed by atoms with E-state index >= 15 is 0 Å². The summed E-state index contributed by atoms with van der Waals surface area (Å²) in [6.45, 7) is 14.5. The summed E-state index contributed by atoms with van der Waals surface area (Å²) in [6, 6.07) is 9.98. The first kappa shape index (κ1) is 19.2. The molecule has 0 radical (unpaired) electrons. The van der Waals surface area contributed by atoms with Gasteiger partial charge in [-0.3, -0.25) is 4.79 Å². The maximum Gasteiger partial charge on any atom is 0.178 e. The molecule has 1 heterocycles. The Morgan fingerprint density at radius 3 is 2.00 bits per heavy atom. The minimum atomic E-state index is -0.0968. The number of ether oxygens (including phenoxy) is 1. The van der Waals surface area contributed by atoms with Crippen molar-refractivity contribution in [2.75, 3.05) is 7.11 Å². The summed E-state index contributed by atoms with van der Waals surface area (Å²) in [5.74, 6) is 0.793. The van der Waals surface area contributed by atoms with Gasteiger partial charge in [0.05, 0.1) is 12.8 Å². The number of methoxy groups -OCH3 is 1. The number of pyridine rings is 1. The van der Waals surface area contributed by atoms with E-state index in [-0.39, 0.29) is 16.6 Å². The van der Waals surface area contributed by atoms with Crippen LogP contribution in [0.2, 0.25) is 0 Å². The maximum absolute atomic E-state index is 11.9. The molecule has 0 N–H and O–H groups in total. The van der Waals surface area contributed by atoms with Crippen LogP contribution in [0.4, 0.5) is 0 Å². The van der Waals surface area contributed by atoms with Crippen LogP contribution in [0, 0.1) is 0 Å². The van der Waals surface area contributed by atoms with Crippen LogP contribution in [-0.2, 0) is 10.8 Å². The van der Waals surface area contributed by atoms with Crippen LogP contribution in [-0.4, -0.2) is 17.9 Å². The topological polar surface area (TPSA) is 39.2 Å². The van der Waals surface area contributed by atoms with Crippen LogP contribution in [0.1, 0.15) is 70.1 Å². The van der Waals surface area contributed by atoms with Crippen LogP contribution < -0.4 is 4.74 Å². The molecule has 0 saturated heterocycles. The van der Waals surface area contributed by atoms with Crippen LogP contribution in [0.25, 0.3) is 11.3 Å². The molecule has 0 atom stereocenters. The molecule has 0 aliphatic carbocycles. The molecule has 0 amide bonds. The monoisotopic (exact) mass is 339 g/mol. The van der Waals surface area contributed by atoms with E-state index in [0.717, 1.165) is 28.1 Å². The Labute approximate surface area is 151 Å². The second-order valence-electron chi connectivity index (χ2n) is 8.54. The fourth-order valence-corrected chi connectivity index (χ4v) is 3.00. The quantitative estimate of drug-likeness (QED) is 0.688. The van der Waals surface area contributed by atoms with Gasteiger partial charge in [-0.2, -0.15) is 0 Å². The van der Waals surface area contributed by atoms with Gasteiger partial charge in [0.25, 0.3) is 0 Å². The van der Waals surface area contributed by atoms with Crippen LogP contribution in [0.5, 0.6) is 5.75 Å². The number of para-hydroxylation sites is 1. The molecular formula is C22H29NO2. The van der Waals surface area contributed by atoms with E-state index in [9.17, 15) is 4.79 Å². The molecular weight excluding hydrogens is 310 g/mol. The lowest BCUT2D eigenvalue weighted by Crippen LogP contribution is -2.17. The number of carbonyl (C=O) groups excluding carboxylic acids is 1. The third kappa shape index (κ3) is 3.92. The van der Waals surface area contributed by atoms with Gasteiger partial charge < -0.3 is 4.74 Å². The Morgan fingerprint density at radius 2 is 1.52 bits per heavy atom. The lowest BCUT2D eigenvalue weighted by atomic mass is 9.81. The van der Waals surface area contributed by atoms with E-state index in [1.54, 1.807) is 14.0 Å². The number of hydrogen-bond acceptors (Lipinski definition) is 3. The number of ketones is 1. The van der Waals surface area contributed by atoms with Crippen molar-refractivity contribution in [3.05, 3.63) is 47.2 Å². The number of rotatable bonds is 3. The van der Waals surface area contributed by atoms with Gasteiger partial charge in [-0.15, -0.1) is 0 Å². The van der Waals surface area contributed by atoms with Gasteiger partial charge in [0.2, 0.25) is 0 Å². The summed E-state index contributed by atoms with van der Waals surface area (Å²) >= 11 is 0. The Hall–Kier alpha value is -2.16. The molecule has 0 aliphatic heterocycles. The van der Waals surface area contributed by atoms with Gasteiger partial charge in [-0.25, -0.2) is 4.98 Å². The van der Waals surface area contributed by atoms with Crippen LogP contribution >= 0.6 is 0 Å². The molecule has 0 aliphatic rings. The third-order valence-corrected chi connectivity index (χ3v) is 4.35. The minimum absolute atomic E-state index is 0.0346. The van der Waals surface area contributed by atoms with E-state index in [1.807, 2.05) is 24.3 Å². The molecule has 3 heteroatoms. The maximum atomic E-state index is 11.9. The number of aromatic nitrogens is 1. The lowest BCUT2D eigenvalue weighted by Gasteiger charge is -2.27. The van der Waals surface area contributed by atoms with Crippen molar-refractivity contribution >= 4 is 5.78 Å². The molecule has 3 nitrogen and oxygen atoms in total. The number of nitrogens with zero attached hydrogens (tertiary/aromatic N) is 1. The number of benzene rings is 1. The first-order chi connectivity index (χ1) is 11.5. The van der Waals surface area contributed by atoms with Crippen molar-refractivity contribution in [2.24, 2.45) is 0 Å². The van der Waals surface area contributed by atoms with Crippen LogP contribution in [0.3, 0.4) is 0 Å². The Kier molecular flexibility index (Phi) is 5.08. The number of hydrogen-bond donors (Lipinski definition) is 0. The summed E-state index contributed by atoms with van der Waals surface area (Å²) in [4.78, 5) is 16.6. The zero-order valence-electron chi connectivity index (χ0n) is 16.7. The fraction of sp³-hybridized carbons (Fsp3) is 0.455. The van der Waals surface area contributed by atoms with Crippen molar-refractivity contribution in [2.45, 2.75) is 59.3 Å². The standard InChI is InChI=1S/C22H29NO2/c1-14(24)18-13-12-16(21(2,3)4)19(23-18)15-10-9-11-17(20(15)25-8)22(5,6)7/h9-13H,1-8H3. The smallest absolute Gasteiger partial charge is 0.178 e. The summed E-state index contributed by atoms with van der Waals surface area (Å²) in [5, 5.41) is 0. The third-order valence-electron chi connectivity index (χ3n) is 4.35. The highest BCUT2D eigenvalue weighted by molar-refractivity contribution is 5.93. The highest BCUT2D eigenvalue weighted by Crippen LogP contribution is 2.41. The summed E-state index contributed by atoms with van der Waals surface area (Å²) in [7, 11) is 1.69. The largest absolute Gasteiger partial charge is 0.496 e. The zero-order valence-corrected chi connectivity index (χ0v) is 16.7. The summed E-state index contributed by atoms with van der Waals surface area (Å²) < 4.78 is 5.80. The van der Waals surface area contributed by atoms with E-state index in [0.29, 0.717) is 5.69 Å². The molecule has 1 aromatic carbocycles. The minimum Gasteiger partial charge on any atom is -0.496 e. The lowest BCUT2D eigenvalue weighted by molar-refractivity contribution is 0.101. The highest BCUT2D eigenvalue weighted by Gasteiger charge is 2.26. The van der Waals surface area contributed by atoms with E-state index in [1.165, 1.54) is 0 Å². The van der Waals surface area contributed by atoms with Crippen molar-refractivity contribution < 1.29 is 9.53 Å². The number of Topliss-reactive ketones (excluding diaryl/α,β-unsaturated/α-hetero) is 1. The highest BCUT2D eigenvalue weighted by atomic mass is 16.5. The molecule has 2 rings (SSSR count). The molecule has 0 spiro atoms. The van der Waals surface area contributed by atoms with Crippen molar-refractivity contribution in [1.82, 2.24) is 4.98 Å². The van der Waals surface area contributed by atoms with E-state index < -0.39 is 0 Å². The van der Waals surface area contributed by atoms with Gasteiger partial charge in [-0.05, 0) is 28.5 Å². The summed E-state index contributed by atoms with van der Waals surface area (Å²) in [5.41, 5.74) is 4.31. The number of carbonyl (C=O) groups is 1. The molecule has 0 unspecified atom stereocenters. The Morgan fingerprint density at radius 1 is 0.920 bits per heavy atom. The molecule has 0 fully saturated rings. The van der Waals surface area contributed by atoms with Crippen molar-refractivity contribution in [3.63, 3.8) is 0 Å². The molecule has 1 aromatic heterocycles. The van der Waals surface area contributed by atoms with Gasteiger partial charge in [0.1, 0.15) is 11.4 Å². The van der Waals surface area contributed by atoms with Gasteiger partial charge in [-0.1, -0.05) is 59.7 Å². The molecule has 2 aromatic rings. The van der Waals surface area contributed by atoms with E-state index in [2.05, 4.69) is 47.6 Å². The second kappa shape index (κ2) is 6.62. The molecule has 134 valence electrons. The average molecular weight is 339 g/mol. The summed E-state index contributed by atoms with van der Waals surface area (Å²) in [6.07, 6.45) is 0. The van der Waals surface area contributed by atoms with E-state index in [4.69, 9.17) is 9.72 Å². The fourth-order valence-electron chi connectivity index (χ4n) is 3.00. The normalized spacial score (nSPS) is 12.2. The molecule has 25 heavy (non-hydrogen) atoms. The van der Waals surface area contributed by atoms with Crippen molar-refractivity contribution in [3.8, 4) is 17.0 Å². The van der Waals surface area contributed by atoms with Crippen molar-refractivity contribution in [1.29, 1.82) is 0 Å². The second-order valence-corrected chi connectivity index (χ2v) is 8.54. The van der Waals surface area contributed by atoms with Gasteiger partial charge in [0.15, 0.2) is 5.78 Å². The molecule has 0 bridgehead atoms. The first-order valence-electron chi connectivity index (χ1n) is 8.67. The average Bonchev–Trinajstić information content (AvgIpc) is 2.51.